The van der Waals surface area contributed by atoms with Gasteiger partial charge >= 0.3 is 0 Å². The molecular weight excluding hydrogens is 318 g/mol. The van der Waals surface area contributed by atoms with Crippen LogP contribution in [0.3, 0.4) is 0 Å². The summed E-state index contributed by atoms with van der Waals surface area (Å²) in [4.78, 5) is 21.2. The molecule has 0 aliphatic carbocycles. The standard InChI is InChI=1S/C19H25N3O3/c1-14-15(2)25-18(20-14)13-21-7-9-22(10-8-21)19(23)12-16-5-4-6-17(11-16)24-3/h4-6,11H,7-10,12-13H2,1-3H3. The second kappa shape index (κ2) is 7.70. The van der Waals surface area contributed by atoms with Gasteiger partial charge in [0.15, 0.2) is 0 Å². The van der Waals surface area contributed by atoms with E-state index in [1.807, 2.05) is 43.0 Å². The fourth-order valence-electron chi connectivity index (χ4n) is 3.02. The molecule has 6 nitrogen and oxygen atoms in total. The number of oxazole rings is 1. The number of nitrogens with zero attached hydrogens (tertiary/aromatic N) is 3. The molecule has 134 valence electrons. The highest BCUT2D eigenvalue weighted by Gasteiger charge is 2.22. The van der Waals surface area contributed by atoms with E-state index in [9.17, 15) is 4.79 Å². The Morgan fingerprint density at radius 1 is 1.24 bits per heavy atom. The third kappa shape index (κ3) is 4.39. The minimum Gasteiger partial charge on any atom is -0.497 e. The lowest BCUT2D eigenvalue weighted by atomic mass is 10.1. The highest BCUT2D eigenvalue weighted by molar-refractivity contribution is 5.79. The first-order valence-corrected chi connectivity index (χ1v) is 8.61. The van der Waals surface area contributed by atoms with Gasteiger partial charge in [0.25, 0.3) is 0 Å². The first-order valence-electron chi connectivity index (χ1n) is 8.61. The molecule has 2 heterocycles. The number of rotatable bonds is 5. The van der Waals surface area contributed by atoms with E-state index in [1.54, 1.807) is 7.11 Å². The smallest absolute Gasteiger partial charge is 0.227 e. The van der Waals surface area contributed by atoms with E-state index in [1.165, 1.54) is 0 Å². The van der Waals surface area contributed by atoms with Crippen LogP contribution in [0.4, 0.5) is 0 Å². The van der Waals surface area contributed by atoms with Gasteiger partial charge in [0.2, 0.25) is 11.8 Å². The third-order valence-corrected chi connectivity index (χ3v) is 4.65. The SMILES string of the molecule is COc1cccc(CC(=O)N2CCN(Cc3nc(C)c(C)o3)CC2)c1. The monoisotopic (exact) mass is 343 g/mol. The summed E-state index contributed by atoms with van der Waals surface area (Å²) < 4.78 is 10.9. The number of ether oxygens (including phenoxy) is 1. The molecule has 0 atom stereocenters. The average molecular weight is 343 g/mol. The molecule has 0 saturated carbocycles. The number of piperazine rings is 1. The molecule has 1 aromatic carbocycles. The first kappa shape index (κ1) is 17.5. The molecule has 1 amide bonds. The Hall–Kier alpha value is -2.34. The molecule has 0 spiro atoms. The summed E-state index contributed by atoms with van der Waals surface area (Å²) in [5, 5.41) is 0. The second-order valence-corrected chi connectivity index (χ2v) is 6.43. The summed E-state index contributed by atoms with van der Waals surface area (Å²) in [6, 6.07) is 7.68. The van der Waals surface area contributed by atoms with Gasteiger partial charge in [-0.15, -0.1) is 0 Å². The van der Waals surface area contributed by atoms with E-state index < -0.39 is 0 Å². The lowest BCUT2D eigenvalue weighted by Gasteiger charge is -2.34. The minimum absolute atomic E-state index is 0.163. The minimum atomic E-state index is 0.163. The number of aryl methyl sites for hydroxylation is 2. The number of aromatic nitrogens is 1. The molecule has 1 saturated heterocycles. The molecule has 1 fully saturated rings. The van der Waals surface area contributed by atoms with Gasteiger partial charge < -0.3 is 14.1 Å². The van der Waals surface area contributed by atoms with Gasteiger partial charge in [0.05, 0.1) is 25.8 Å². The normalized spacial score (nSPS) is 15.4. The zero-order valence-electron chi connectivity index (χ0n) is 15.1. The van der Waals surface area contributed by atoms with Crippen LogP contribution < -0.4 is 4.74 Å². The summed E-state index contributed by atoms with van der Waals surface area (Å²) in [6.45, 7) is 7.74. The van der Waals surface area contributed by atoms with Crippen molar-refractivity contribution in [3.63, 3.8) is 0 Å². The molecule has 0 unspecified atom stereocenters. The number of carbonyl (C=O) groups is 1. The Morgan fingerprint density at radius 3 is 2.64 bits per heavy atom. The van der Waals surface area contributed by atoms with Crippen molar-refractivity contribution in [1.82, 2.24) is 14.8 Å². The molecule has 1 aliphatic rings. The van der Waals surface area contributed by atoms with Crippen molar-refractivity contribution >= 4 is 5.91 Å². The zero-order chi connectivity index (χ0) is 17.8. The summed E-state index contributed by atoms with van der Waals surface area (Å²) in [5.41, 5.74) is 1.93. The van der Waals surface area contributed by atoms with Crippen LogP contribution in [0.1, 0.15) is 22.9 Å². The van der Waals surface area contributed by atoms with Crippen LogP contribution in [0.25, 0.3) is 0 Å². The molecule has 25 heavy (non-hydrogen) atoms. The van der Waals surface area contributed by atoms with Crippen molar-refractivity contribution in [2.75, 3.05) is 33.3 Å². The highest BCUT2D eigenvalue weighted by Crippen LogP contribution is 2.15. The Balaban J connectivity index is 1.50. The molecule has 1 aliphatic heterocycles. The van der Waals surface area contributed by atoms with Crippen molar-refractivity contribution in [2.24, 2.45) is 0 Å². The Kier molecular flexibility index (Phi) is 5.38. The highest BCUT2D eigenvalue weighted by atomic mass is 16.5. The van der Waals surface area contributed by atoms with Gasteiger partial charge in [0, 0.05) is 26.2 Å². The predicted molar refractivity (Wildman–Crippen MR) is 94.5 cm³/mol. The summed E-state index contributed by atoms with van der Waals surface area (Å²) in [7, 11) is 1.64. The number of amides is 1. The molecule has 3 rings (SSSR count). The summed E-state index contributed by atoms with van der Waals surface area (Å²) in [6.07, 6.45) is 0.412. The van der Waals surface area contributed by atoms with Crippen LogP contribution in [0.5, 0.6) is 5.75 Å². The fraction of sp³-hybridized carbons (Fsp3) is 0.474. The fourth-order valence-corrected chi connectivity index (χ4v) is 3.02. The van der Waals surface area contributed by atoms with Crippen molar-refractivity contribution in [2.45, 2.75) is 26.8 Å². The van der Waals surface area contributed by atoms with Crippen LogP contribution in [0.15, 0.2) is 28.7 Å². The molecule has 0 N–H and O–H groups in total. The topological polar surface area (TPSA) is 58.8 Å². The van der Waals surface area contributed by atoms with E-state index in [0.29, 0.717) is 13.0 Å². The van der Waals surface area contributed by atoms with Crippen molar-refractivity contribution < 1.29 is 13.9 Å². The molecule has 0 bridgehead atoms. The van der Waals surface area contributed by atoms with Gasteiger partial charge in [-0.05, 0) is 31.5 Å². The number of carbonyl (C=O) groups excluding carboxylic acids is 1. The number of methoxy groups -OCH3 is 1. The molecular formula is C19H25N3O3. The van der Waals surface area contributed by atoms with Crippen molar-refractivity contribution in [3.8, 4) is 5.75 Å². The van der Waals surface area contributed by atoms with Gasteiger partial charge in [-0.25, -0.2) is 4.98 Å². The maximum Gasteiger partial charge on any atom is 0.227 e. The average Bonchev–Trinajstić information content (AvgIpc) is 2.93. The second-order valence-electron chi connectivity index (χ2n) is 6.43. The number of hydrogen-bond donors (Lipinski definition) is 0. The summed E-state index contributed by atoms with van der Waals surface area (Å²) in [5.74, 6) is 2.58. The Labute approximate surface area is 148 Å². The number of hydrogen-bond acceptors (Lipinski definition) is 5. The van der Waals surface area contributed by atoms with E-state index >= 15 is 0 Å². The van der Waals surface area contributed by atoms with Crippen LogP contribution in [-0.4, -0.2) is 54.0 Å². The quantitative estimate of drug-likeness (QED) is 0.833. The lowest BCUT2D eigenvalue weighted by molar-refractivity contribution is -0.132. The zero-order valence-corrected chi connectivity index (χ0v) is 15.1. The Bertz CT molecular complexity index is 714. The van der Waals surface area contributed by atoms with Crippen molar-refractivity contribution in [3.05, 3.63) is 47.2 Å². The van der Waals surface area contributed by atoms with Gasteiger partial charge in [-0.2, -0.15) is 0 Å². The Morgan fingerprint density at radius 2 is 2.00 bits per heavy atom. The van der Waals surface area contributed by atoms with Gasteiger partial charge in [-0.3, -0.25) is 9.69 Å². The van der Waals surface area contributed by atoms with Crippen LogP contribution in [-0.2, 0) is 17.8 Å². The lowest BCUT2D eigenvalue weighted by Crippen LogP contribution is -2.48. The third-order valence-electron chi connectivity index (χ3n) is 4.65. The van der Waals surface area contributed by atoms with E-state index in [0.717, 1.165) is 54.8 Å². The van der Waals surface area contributed by atoms with Crippen LogP contribution in [0.2, 0.25) is 0 Å². The molecule has 1 aromatic heterocycles. The first-order chi connectivity index (χ1) is 12.0. The molecule has 6 heteroatoms. The number of benzene rings is 1. The van der Waals surface area contributed by atoms with Crippen LogP contribution >= 0.6 is 0 Å². The maximum atomic E-state index is 12.5. The molecule has 2 aromatic rings. The van der Waals surface area contributed by atoms with Gasteiger partial charge in [0.1, 0.15) is 11.5 Å². The molecule has 0 radical (unpaired) electrons. The van der Waals surface area contributed by atoms with Crippen LogP contribution in [0, 0.1) is 13.8 Å². The summed E-state index contributed by atoms with van der Waals surface area (Å²) >= 11 is 0. The van der Waals surface area contributed by atoms with E-state index in [4.69, 9.17) is 9.15 Å². The predicted octanol–water partition coefficient (Wildman–Crippen LogP) is 2.19. The van der Waals surface area contributed by atoms with E-state index in [-0.39, 0.29) is 5.91 Å². The maximum absolute atomic E-state index is 12.5. The van der Waals surface area contributed by atoms with E-state index in [2.05, 4.69) is 9.88 Å². The largest absolute Gasteiger partial charge is 0.497 e. The van der Waals surface area contributed by atoms with Crippen molar-refractivity contribution in [1.29, 1.82) is 0 Å². The van der Waals surface area contributed by atoms with Gasteiger partial charge in [-0.1, -0.05) is 12.1 Å².